The molecule has 2 aromatic rings. The Labute approximate surface area is 190 Å². The van der Waals surface area contributed by atoms with Gasteiger partial charge in [-0.2, -0.15) is 16.8 Å². The molecule has 0 aliphatic rings. The van der Waals surface area contributed by atoms with Gasteiger partial charge in [0.15, 0.2) is 0 Å². The third-order valence-electron chi connectivity index (χ3n) is 4.00. The van der Waals surface area contributed by atoms with Crippen LogP contribution < -0.4 is 22.1 Å². The number of carbonyl (C=O) groups is 2. The maximum atomic E-state index is 11.7. The predicted molar refractivity (Wildman–Crippen MR) is 119 cm³/mol. The Bertz CT molecular complexity index is 1250. The minimum atomic E-state index is -4.41. The van der Waals surface area contributed by atoms with E-state index in [1.807, 2.05) is 0 Å². The molecule has 15 heteroatoms. The number of hydrogen-bond acceptors (Lipinski definition) is 8. The van der Waals surface area contributed by atoms with Crippen molar-refractivity contribution in [1.82, 2.24) is 5.32 Å². The number of aryl methyl sites for hydroxylation is 2. The molecule has 0 aliphatic carbocycles. The molecule has 9 N–H and O–H groups in total. The van der Waals surface area contributed by atoms with Crippen LogP contribution in [0.2, 0.25) is 0 Å². The van der Waals surface area contributed by atoms with Crippen LogP contribution in [0.5, 0.6) is 0 Å². The lowest BCUT2D eigenvalue weighted by atomic mass is 10.1. The number of hydrogen-bond donors (Lipinski definition) is 7. The van der Waals surface area contributed by atoms with Crippen LogP contribution in [0.15, 0.2) is 46.2 Å². The molecule has 182 valence electrons. The van der Waals surface area contributed by atoms with E-state index in [9.17, 15) is 26.4 Å². The number of benzene rings is 2. The topological polar surface area (TPSA) is 239 Å². The smallest absolute Gasteiger partial charge is 0.322 e. The van der Waals surface area contributed by atoms with Crippen molar-refractivity contribution < 1.29 is 40.6 Å². The quantitative estimate of drug-likeness (QED) is 0.212. The van der Waals surface area contributed by atoms with Crippen LogP contribution in [-0.4, -0.2) is 55.6 Å². The van der Waals surface area contributed by atoms with Gasteiger partial charge in [0.1, 0.15) is 6.04 Å². The highest BCUT2D eigenvalue weighted by Crippen LogP contribution is 2.24. The second kappa shape index (κ2) is 11.1. The average molecular weight is 505 g/mol. The third-order valence-corrected chi connectivity index (χ3v) is 5.85. The van der Waals surface area contributed by atoms with E-state index in [1.165, 1.54) is 37.3 Å². The summed E-state index contributed by atoms with van der Waals surface area (Å²) in [6.07, 6.45) is 0. The first kappa shape index (κ1) is 27.8. The zero-order valence-electron chi connectivity index (χ0n) is 17.5. The van der Waals surface area contributed by atoms with Crippen molar-refractivity contribution in [3.8, 4) is 0 Å². The first-order valence-electron chi connectivity index (χ1n) is 8.97. The second-order valence-corrected chi connectivity index (χ2v) is 9.55. The maximum absolute atomic E-state index is 11.7. The zero-order valence-corrected chi connectivity index (χ0v) is 19.1. The summed E-state index contributed by atoms with van der Waals surface area (Å²) in [6, 6.07) is 6.07. The highest BCUT2D eigenvalue weighted by molar-refractivity contribution is 7.86. The van der Waals surface area contributed by atoms with Gasteiger partial charge in [-0.3, -0.25) is 13.9 Å². The molecule has 1 atom stereocenters. The number of nitrogens with two attached hydrogens (primary N) is 2. The second-order valence-electron chi connectivity index (χ2n) is 6.74. The number of carbonyl (C=O) groups excluding carboxylic acids is 1. The van der Waals surface area contributed by atoms with Crippen LogP contribution >= 0.6 is 0 Å². The Morgan fingerprint density at radius 1 is 1.00 bits per heavy atom. The molecule has 0 saturated carbocycles. The van der Waals surface area contributed by atoms with Crippen molar-refractivity contribution in [3.05, 3.63) is 47.5 Å². The van der Waals surface area contributed by atoms with Crippen LogP contribution in [0, 0.1) is 13.8 Å². The summed E-state index contributed by atoms with van der Waals surface area (Å²) in [5, 5.41) is 13.2. The molecule has 2 rings (SSSR count). The van der Waals surface area contributed by atoms with Crippen LogP contribution in [0.4, 0.5) is 16.2 Å². The molecule has 13 nitrogen and oxygen atoms in total. The zero-order chi connectivity index (χ0) is 25.6. The van der Waals surface area contributed by atoms with Crippen molar-refractivity contribution in [1.29, 1.82) is 0 Å². The fourth-order valence-corrected chi connectivity index (χ4v) is 3.64. The molecule has 0 aliphatic heterocycles. The Hall–Kier alpha value is -3.24. The molecular formula is C18H24N4O9S2. The van der Waals surface area contributed by atoms with Gasteiger partial charge in [-0.25, -0.2) is 4.79 Å². The van der Waals surface area contributed by atoms with Gasteiger partial charge in [0.05, 0.1) is 9.79 Å². The average Bonchev–Trinajstić information content (AvgIpc) is 2.67. The van der Waals surface area contributed by atoms with Crippen LogP contribution in [0.3, 0.4) is 0 Å². The van der Waals surface area contributed by atoms with Gasteiger partial charge in [0, 0.05) is 17.9 Å². The molecule has 0 unspecified atom stereocenters. The number of nitrogens with one attached hydrogen (secondary N) is 2. The summed E-state index contributed by atoms with van der Waals surface area (Å²) in [7, 11) is -8.52. The Kier molecular flexibility index (Phi) is 9.32. The molecule has 0 bridgehead atoms. The standard InChI is InChI=1S/C12H17N3O6S.C6H7NO3S/c1-6-3-7(2)10(22(19,20)21)4-9(6)15-12(18)14-5-8(13)11(16)17;7-5-2-1-3-6(4-5)11(8,9)10/h3-4,8H,5,13H2,1-2H3,(H,16,17)(H2,14,15,18)(H,19,20,21);1-4H,7H2,(H,8,9,10)/t8-;/m0./s1. The van der Waals surface area contributed by atoms with Gasteiger partial charge in [0.2, 0.25) is 0 Å². The fraction of sp³-hybridized carbons (Fsp3) is 0.222. The summed E-state index contributed by atoms with van der Waals surface area (Å²) in [5.41, 5.74) is 11.9. The van der Waals surface area contributed by atoms with Crippen molar-refractivity contribution in [2.45, 2.75) is 29.7 Å². The predicted octanol–water partition coefficient (Wildman–Crippen LogP) is 0.599. The van der Waals surface area contributed by atoms with E-state index in [1.54, 1.807) is 6.92 Å². The molecule has 0 fully saturated rings. The number of urea groups is 1. The molecule has 33 heavy (non-hydrogen) atoms. The van der Waals surface area contributed by atoms with Gasteiger partial charge < -0.3 is 27.2 Å². The molecule has 0 heterocycles. The van der Waals surface area contributed by atoms with Crippen LogP contribution in [0.1, 0.15) is 11.1 Å². The third kappa shape index (κ3) is 9.03. The lowest BCUT2D eigenvalue weighted by Gasteiger charge is -2.13. The number of amides is 2. The molecular weight excluding hydrogens is 480 g/mol. The largest absolute Gasteiger partial charge is 0.480 e. The van der Waals surface area contributed by atoms with Crippen molar-refractivity contribution in [2.24, 2.45) is 5.73 Å². The molecule has 0 aromatic heterocycles. The first-order valence-corrected chi connectivity index (χ1v) is 11.9. The number of carboxylic acids is 1. The molecule has 0 radical (unpaired) electrons. The van der Waals surface area contributed by atoms with Gasteiger partial charge in [-0.1, -0.05) is 12.1 Å². The van der Waals surface area contributed by atoms with Gasteiger partial charge in [-0.15, -0.1) is 0 Å². The Morgan fingerprint density at radius 3 is 2.06 bits per heavy atom. The monoisotopic (exact) mass is 504 g/mol. The van der Waals surface area contributed by atoms with E-state index in [0.29, 0.717) is 16.8 Å². The van der Waals surface area contributed by atoms with E-state index in [4.69, 9.17) is 25.7 Å². The lowest BCUT2D eigenvalue weighted by molar-refractivity contribution is -0.138. The van der Waals surface area contributed by atoms with E-state index < -0.39 is 38.3 Å². The van der Waals surface area contributed by atoms with Gasteiger partial charge in [-0.05, 0) is 49.2 Å². The van der Waals surface area contributed by atoms with Crippen LogP contribution in [0.25, 0.3) is 0 Å². The van der Waals surface area contributed by atoms with Crippen molar-refractivity contribution in [3.63, 3.8) is 0 Å². The number of aliphatic carboxylic acids is 1. The summed E-state index contributed by atoms with van der Waals surface area (Å²) in [4.78, 5) is 21.7. The normalized spacial score (nSPS) is 12.2. The highest BCUT2D eigenvalue weighted by atomic mass is 32.2. The van der Waals surface area contributed by atoms with E-state index in [-0.39, 0.29) is 22.0 Å². The number of rotatable bonds is 6. The fourth-order valence-electron chi connectivity index (χ4n) is 2.38. The summed E-state index contributed by atoms with van der Waals surface area (Å²) < 4.78 is 61.1. The van der Waals surface area contributed by atoms with Crippen LogP contribution in [-0.2, 0) is 25.0 Å². The highest BCUT2D eigenvalue weighted by Gasteiger charge is 2.17. The minimum absolute atomic E-state index is 0.166. The SMILES string of the molecule is Cc1cc(C)c(S(=O)(=O)O)cc1NC(=O)NC[C@H](N)C(=O)O.Nc1cccc(S(=O)(=O)O)c1. The maximum Gasteiger partial charge on any atom is 0.322 e. The van der Waals surface area contributed by atoms with Gasteiger partial charge >= 0.3 is 12.0 Å². The number of nitrogen functional groups attached to an aromatic ring is 1. The Balaban J connectivity index is 0.000000412. The van der Waals surface area contributed by atoms with E-state index in [2.05, 4.69) is 10.6 Å². The first-order chi connectivity index (χ1) is 15.0. The summed E-state index contributed by atoms with van der Waals surface area (Å²) >= 11 is 0. The van der Waals surface area contributed by atoms with Gasteiger partial charge in [0.25, 0.3) is 20.2 Å². The molecule has 2 aromatic carbocycles. The van der Waals surface area contributed by atoms with E-state index >= 15 is 0 Å². The van der Waals surface area contributed by atoms with Crippen molar-refractivity contribution in [2.75, 3.05) is 17.6 Å². The van der Waals surface area contributed by atoms with Crippen molar-refractivity contribution >= 4 is 43.6 Å². The minimum Gasteiger partial charge on any atom is -0.480 e. The van der Waals surface area contributed by atoms with E-state index in [0.717, 1.165) is 6.07 Å². The Morgan fingerprint density at radius 2 is 1.61 bits per heavy atom. The lowest BCUT2D eigenvalue weighted by Crippen LogP contribution is -2.43. The number of carboxylic acid groups (broad SMARTS) is 1. The summed E-state index contributed by atoms with van der Waals surface area (Å²) in [5.74, 6) is -1.26. The molecule has 0 spiro atoms. The summed E-state index contributed by atoms with van der Waals surface area (Å²) in [6.45, 7) is 2.85. The number of anilines is 2. The molecule has 0 saturated heterocycles. The molecule has 2 amide bonds.